The number of carbonyl (C=O) groups excluding carboxylic acids is 2. The topological polar surface area (TPSA) is 49.4 Å². The molecular formula is C20H22N2O2. The third-order valence-electron chi connectivity index (χ3n) is 4.61. The zero-order chi connectivity index (χ0) is 16.9. The van der Waals surface area contributed by atoms with Gasteiger partial charge in [0.25, 0.3) is 5.91 Å². The van der Waals surface area contributed by atoms with Crippen LogP contribution in [0.2, 0.25) is 0 Å². The molecule has 1 saturated heterocycles. The first kappa shape index (κ1) is 16.2. The van der Waals surface area contributed by atoms with Crippen LogP contribution in [0.4, 0.5) is 4.79 Å². The summed E-state index contributed by atoms with van der Waals surface area (Å²) in [7, 11) is 0. The molecule has 1 aliphatic rings. The van der Waals surface area contributed by atoms with Gasteiger partial charge in [-0.3, -0.25) is 10.1 Å². The highest BCUT2D eigenvalue weighted by Crippen LogP contribution is 2.21. The van der Waals surface area contributed by atoms with Crippen LogP contribution in [-0.4, -0.2) is 29.4 Å². The van der Waals surface area contributed by atoms with E-state index in [0.29, 0.717) is 18.9 Å². The molecule has 0 radical (unpaired) electrons. The highest BCUT2D eigenvalue weighted by Gasteiger charge is 2.37. The van der Waals surface area contributed by atoms with Crippen molar-refractivity contribution in [1.29, 1.82) is 0 Å². The standard InChI is InChI=1S/C20H22N2O2/c1-15(17-10-6-3-7-11-17)12-13-22-18(19(23)21-20(22)24)14-16-8-4-2-5-9-16/h2-11,15,18H,12-14H2,1H3,(H,21,23,24)/t15-,18+/m0/s1. The van der Waals surface area contributed by atoms with E-state index >= 15 is 0 Å². The van der Waals surface area contributed by atoms with E-state index in [1.54, 1.807) is 4.90 Å². The van der Waals surface area contributed by atoms with E-state index in [1.807, 2.05) is 48.5 Å². The van der Waals surface area contributed by atoms with E-state index < -0.39 is 6.04 Å². The number of urea groups is 1. The first-order valence-electron chi connectivity index (χ1n) is 8.35. The Labute approximate surface area is 142 Å². The largest absolute Gasteiger partial charge is 0.324 e. The predicted octanol–water partition coefficient (Wildman–Crippen LogP) is 3.34. The van der Waals surface area contributed by atoms with Gasteiger partial charge in [0, 0.05) is 13.0 Å². The molecular weight excluding hydrogens is 300 g/mol. The van der Waals surface area contributed by atoms with Crippen molar-refractivity contribution < 1.29 is 9.59 Å². The molecule has 1 fully saturated rings. The molecule has 0 bridgehead atoms. The summed E-state index contributed by atoms with van der Waals surface area (Å²) >= 11 is 0. The van der Waals surface area contributed by atoms with Gasteiger partial charge >= 0.3 is 6.03 Å². The van der Waals surface area contributed by atoms with Gasteiger partial charge in [0.05, 0.1) is 0 Å². The molecule has 2 atom stereocenters. The van der Waals surface area contributed by atoms with Crippen molar-refractivity contribution in [1.82, 2.24) is 10.2 Å². The Morgan fingerprint density at radius 2 is 1.62 bits per heavy atom. The fourth-order valence-corrected chi connectivity index (χ4v) is 3.12. The first-order chi connectivity index (χ1) is 11.6. The van der Waals surface area contributed by atoms with E-state index in [2.05, 4.69) is 24.4 Å². The van der Waals surface area contributed by atoms with E-state index in [0.717, 1.165) is 12.0 Å². The maximum atomic E-state index is 12.1. The molecule has 2 aromatic carbocycles. The van der Waals surface area contributed by atoms with Gasteiger partial charge in [-0.05, 0) is 23.5 Å². The Morgan fingerprint density at radius 1 is 1.00 bits per heavy atom. The van der Waals surface area contributed by atoms with Gasteiger partial charge in [-0.15, -0.1) is 0 Å². The average molecular weight is 322 g/mol. The second-order valence-electron chi connectivity index (χ2n) is 6.29. The summed E-state index contributed by atoms with van der Waals surface area (Å²) in [5, 5.41) is 2.45. The van der Waals surface area contributed by atoms with Crippen molar-refractivity contribution in [3.05, 3.63) is 71.8 Å². The quantitative estimate of drug-likeness (QED) is 0.829. The molecule has 3 rings (SSSR count). The molecule has 1 heterocycles. The number of hydrogen-bond donors (Lipinski definition) is 1. The van der Waals surface area contributed by atoms with Crippen molar-refractivity contribution in [2.75, 3.05) is 6.54 Å². The minimum absolute atomic E-state index is 0.198. The Balaban J connectivity index is 1.66. The van der Waals surface area contributed by atoms with Gasteiger partial charge in [-0.1, -0.05) is 67.6 Å². The van der Waals surface area contributed by atoms with Gasteiger partial charge < -0.3 is 4.90 Å². The zero-order valence-electron chi connectivity index (χ0n) is 13.8. The lowest BCUT2D eigenvalue weighted by Gasteiger charge is -2.23. The maximum Gasteiger partial charge on any atom is 0.324 e. The lowest BCUT2D eigenvalue weighted by atomic mass is 9.97. The van der Waals surface area contributed by atoms with Gasteiger partial charge in [-0.25, -0.2) is 4.79 Å². The monoisotopic (exact) mass is 322 g/mol. The average Bonchev–Trinajstić information content (AvgIpc) is 2.87. The Hall–Kier alpha value is -2.62. The lowest BCUT2D eigenvalue weighted by molar-refractivity contribution is -0.121. The van der Waals surface area contributed by atoms with Crippen LogP contribution in [-0.2, 0) is 11.2 Å². The van der Waals surface area contributed by atoms with Crippen molar-refractivity contribution in [2.24, 2.45) is 0 Å². The Bertz CT molecular complexity index is 700. The minimum Gasteiger partial charge on any atom is -0.312 e. The minimum atomic E-state index is -0.414. The highest BCUT2D eigenvalue weighted by atomic mass is 16.2. The maximum absolute atomic E-state index is 12.1. The van der Waals surface area contributed by atoms with E-state index in [9.17, 15) is 9.59 Å². The molecule has 0 unspecified atom stereocenters. The highest BCUT2D eigenvalue weighted by molar-refractivity contribution is 6.04. The molecule has 1 N–H and O–H groups in total. The van der Waals surface area contributed by atoms with Crippen LogP contribution in [0.3, 0.4) is 0 Å². The molecule has 2 aromatic rings. The van der Waals surface area contributed by atoms with Gasteiger partial charge in [0.15, 0.2) is 0 Å². The van der Waals surface area contributed by atoms with Crippen LogP contribution in [0, 0.1) is 0 Å². The molecule has 1 aliphatic heterocycles. The molecule has 0 aliphatic carbocycles. The molecule has 24 heavy (non-hydrogen) atoms. The van der Waals surface area contributed by atoms with Crippen LogP contribution in [0.5, 0.6) is 0 Å². The summed E-state index contributed by atoms with van der Waals surface area (Å²) in [6.45, 7) is 2.72. The third-order valence-corrected chi connectivity index (χ3v) is 4.61. The number of nitrogens with zero attached hydrogens (tertiary/aromatic N) is 1. The fraction of sp³-hybridized carbons (Fsp3) is 0.300. The molecule has 124 valence electrons. The third kappa shape index (κ3) is 3.65. The van der Waals surface area contributed by atoms with Crippen molar-refractivity contribution in [2.45, 2.75) is 31.7 Å². The summed E-state index contributed by atoms with van der Waals surface area (Å²) < 4.78 is 0. The van der Waals surface area contributed by atoms with Gasteiger partial charge in [-0.2, -0.15) is 0 Å². The second-order valence-corrected chi connectivity index (χ2v) is 6.29. The van der Waals surface area contributed by atoms with E-state index in [4.69, 9.17) is 0 Å². The molecule has 4 nitrogen and oxygen atoms in total. The fourth-order valence-electron chi connectivity index (χ4n) is 3.12. The number of carbonyl (C=O) groups is 2. The SMILES string of the molecule is C[C@@H](CCN1C(=O)NC(=O)[C@H]1Cc1ccccc1)c1ccccc1. The van der Waals surface area contributed by atoms with Crippen LogP contribution in [0.25, 0.3) is 0 Å². The summed E-state index contributed by atoms with van der Waals surface area (Å²) in [5.74, 6) is 0.142. The number of nitrogens with one attached hydrogen (secondary N) is 1. The molecule has 4 heteroatoms. The van der Waals surface area contributed by atoms with Crippen molar-refractivity contribution in [3.63, 3.8) is 0 Å². The summed E-state index contributed by atoms with van der Waals surface area (Å²) in [6, 6.07) is 19.4. The Morgan fingerprint density at radius 3 is 2.29 bits per heavy atom. The lowest BCUT2D eigenvalue weighted by Crippen LogP contribution is -2.37. The number of rotatable bonds is 6. The smallest absolute Gasteiger partial charge is 0.312 e. The summed E-state index contributed by atoms with van der Waals surface area (Å²) in [6.07, 6.45) is 1.38. The molecule has 0 spiro atoms. The molecule has 3 amide bonds. The number of benzene rings is 2. The normalized spacial score (nSPS) is 18.5. The summed E-state index contributed by atoms with van der Waals surface area (Å²) in [5.41, 5.74) is 2.32. The molecule has 0 aromatic heterocycles. The van der Waals surface area contributed by atoms with Crippen LogP contribution in [0.15, 0.2) is 60.7 Å². The van der Waals surface area contributed by atoms with E-state index in [1.165, 1.54) is 5.56 Å². The Kier molecular flexibility index (Phi) is 4.94. The molecule has 0 saturated carbocycles. The van der Waals surface area contributed by atoms with Gasteiger partial charge in [0.2, 0.25) is 0 Å². The number of amides is 3. The van der Waals surface area contributed by atoms with Crippen LogP contribution < -0.4 is 5.32 Å². The van der Waals surface area contributed by atoms with Crippen LogP contribution >= 0.6 is 0 Å². The van der Waals surface area contributed by atoms with Crippen molar-refractivity contribution >= 4 is 11.9 Å². The number of hydrogen-bond acceptors (Lipinski definition) is 2. The van der Waals surface area contributed by atoms with Crippen LogP contribution in [0.1, 0.15) is 30.4 Å². The number of imide groups is 1. The van der Waals surface area contributed by atoms with Crippen molar-refractivity contribution in [3.8, 4) is 0 Å². The second kappa shape index (κ2) is 7.30. The van der Waals surface area contributed by atoms with E-state index in [-0.39, 0.29) is 11.9 Å². The summed E-state index contributed by atoms with van der Waals surface area (Å²) in [4.78, 5) is 25.9. The zero-order valence-corrected chi connectivity index (χ0v) is 13.8. The first-order valence-corrected chi connectivity index (χ1v) is 8.35. The van der Waals surface area contributed by atoms with Gasteiger partial charge in [0.1, 0.15) is 6.04 Å². The predicted molar refractivity (Wildman–Crippen MR) is 93.7 cm³/mol.